The molecule has 1 aromatic rings. The number of nitrogens with one attached hydrogen (secondary N) is 1. The molecule has 17 heavy (non-hydrogen) atoms. The van der Waals surface area contributed by atoms with Crippen molar-refractivity contribution in [3.8, 4) is 6.19 Å². The first-order valence-corrected chi connectivity index (χ1v) is 5.92. The van der Waals surface area contributed by atoms with Crippen molar-refractivity contribution in [1.29, 1.82) is 5.26 Å². The monoisotopic (exact) mass is 229 g/mol. The molecule has 0 bridgehead atoms. The Labute approximate surface area is 101 Å². The van der Waals surface area contributed by atoms with Crippen molar-refractivity contribution in [2.75, 3.05) is 25.0 Å². The van der Waals surface area contributed by atoms with Gasteiger partial charge in [-0.25, -0.2) is 0 Å². The van der Waals surface area contributed by atoms with Gasteiger partial charge in [-0.05, 0) is 12.5 Å². The predicted octanol–water partition coefficient (Wildman–Crippen LogP) is 1.55. The third-order valence-corrected chi connectivity index (χ3v) is 3.61. The average molecular weight is 229 g/mol. The first-order valence-electron chi connectivity index (χ1n) is 5.92. The molecule has 2 aliphatic heterocycles. The molecular formula is C13H15N3O. The molecule has 1 fully saturated rings. The van der Waals surface area contributed by atoms with E-state index in [2.05, 4.69) is 23.6 Å². The lowest BCUT2D eigenvalue weighted by Gasteiger charge is -2.26. The molecule has 1 unspecified atom stereocenters. The lowest BCUT2D eigenvalue weighted by molar-refractivity contribution is -0.0331. The summed E-state index contributed by atoms with van der Waals surface area (Å²) in [6.07, 6.45) is 3.12. The average Bonchev–Trinajstić information content (AvgIpc) is 2.70. The third kappa shape index (κ3) is 1.83. The number of fused-ring (bicyclic) bond motifs is 1. The van der Waals surface area contributed by atoms with Crippen LogP contribution < -0.4 is 5.32 Å². The van der Waals surface area contributed by atoms with E-state index in [1.165, 1.54) is 5.56 Å². The van der Waals surface area contributed by atoms with Gasteiger partial charge >= 0.3 is 0 Å². The second kappa shape index (κ2) is 3.94. The maximum absolute atomic E-state index is 8.92. The number of nitriles is 1. The van der Waals surface area contributed by atoms with Crippen molar-refractivity contribution in [3.63, 3.8) is 0 Å². The highest BCUT2D eigenvalue weighted by molar-refractivity contribution is 5.51. The SMILES string of the molecule is N#CN1CCC2(CNc3ccccc3CO2)C1. The van der Waals surface area contributed by atoms with Crippen molar-refractivity contribution in [2.45, 2.75) is 18.6 Å². The molecule has 1 atom stereocenters. The summed E-state index contributed by atoms with van der Waals surface area (Å²) in [5.41, 5.74) is 2.15. The Balaban J connectivity index is 1.80. The van der Waals surface area contributed by atoms with Crippen LogP contribution in [0.4, 0.5) is 5.69 Å². The quantitative estimate of drug-likeness (QED) is 0.686. The zero-order valence-electron chi connectivity index (χ0n) is 9.65. The second-order valence-corrected chi connectivity index (χ2v) is 4.75. The standard InChI is InChI=1S/C13H15N3O/c14-10-16-6-5-13(9-16)8-15-12-4-2-1-3-11(12)7-17-13/h1-4,15H,5-9H2. The zero-order chi connectivity index (χ0) is 11.7. The van der Waals surface area contributed by atoms with E-state index in [-0.39, 0.29) is 5.60 Å². The lowest BCUT2D eigenvalue weighted by atomic mass is 10.0. The molecule has 0 aliphatic carbocycles. The summed E-state index contributed by atoms with van der Waals surface area (Å²) in [5, 5.41) is 12.4. The maximum atomic E-state index is 8.92. The van der Waals surface area contributed by atoms with Crippen molar-refractivity contribution in [2.24, 2.45) is 0 Å². The normalized spacial score (nSPS) is 27.1. The molecule has 2 heterocycles. The summed E-state index contributed by atoms with van der Waals surface area (Å²) in [5.74, 6) is 0. The van der Waals surface area contributed by atoms with Gasteiger partial charge in [-0.3, -0.25) is 0 Å². The highest BCUT2D eigenvalue weighted by Crippen LogP contribution is 2.31. The van der Waals surface area contributed by atoms with E-state index >= 15 is 0 Å². The Morgan fingerprint density at radius 2 is 2.29 bits per heavy atom. The summed E-state index contributed by atoms with van der Waals surface area (Å²) in [4.78, 5) is 1.78. The number of ether oxygens (including phenoxy) is 1. The first-order chi connectivity index (χ1) is 8.31. The van der Waals surface area contributed by atoms with Crippen LogP contribution in [0.15, 0.2) is 24.3 Å². The summed E-state index contributed by atoms with van der Waals surface area (Å²) < 4.78 is 6.05. The van der Waals surface area contributed by atoms with E-state index in [1.54, 1.807) is 4.90 Å². The Kier molecular flexibility index (Phi) is 2.41. The number of likely N-dealkylation sites (tertiary alicyclic amines) is 1. The molecule has 2 aliphatic rings. The van der Waals surface area contributed by atoms with Crippen LogP contribution in [0.3, 0.4) is 0 Å². The van der Waals surface area contributed by atoms with E-state index < -0.39 is 0 Å². The number of para-hydroxylation sites is 1. The summed E-state index contributed by atoms with van der Waals surface area (Å²) >= 11 is 0. The summed E-state index contributed by atoms with van der Waals surface area (Å²) in [6, 6.07) is 8.21. The number of anilines is 1. The van der Waals surface area contributed by atoms with Crippen LogP contribution in [0, 0.1) is 11.5 Å². The minimum Gasteiger partial charge on any atom is -0.382 e. The maximum Gasteiger partial charge on any atom is 0.179 e. The number of benzene rings is 1. The Bertz CT molecular complexity index is 439. The van der Waals surface area contributed by atoms with Crippen molar-refractivity contribution >= 4 is 5.69 Å². The molecule has 0 saturated carbocycles. The first kappa shape index (κ1) is 10.4. The van der Waals surface area contributed by atoms with E-state index in [4.69, 9.17) is 10.00 Å². The number of hydrogen-bond acceptors (Lipinski definition) is 4. The molecule has 88 valence electrons. The van der Waals surface area contributed by atoms with Crippen LogP contribution in [0.25, 0.3) is 0 Å². The molecule has 1 spiro atoms. The Morgan fingerprint density at radius 3 is 3.12 bits per heavy atom. The van der Waals surface area contributed by atoms with Gasteiger partial charge in [0.25, 0.3) is 0 Å². The van der Waals surface area contributed by atoms with Crippen LogP contribution in [-0.4, -0.2) is 30.1 Å². The molecule has 3 rings (SSSR count). The fourth-order valence-electron chi connectivity index (χ4n) is 2.55. The van der Waals surface area contributed by atoms with Gasteiger partial charge in [-0.2, -0.15) is 5.26 Å². The van der Waals surface area contributed by atoms with Crippen LogP contribution in [-0.2, 0) is 11.3 Å². The molecular weight excluding hydrogens is 214 g/mol. The topological polar surface area (TPSA) is 48.3 Å². The molecule has 1 aromatic carbocycles. The lowest BCUT2D eigenvalue weighted by Crippen LogP contribution is -2.40. The highest BCUT2D eigenvalue weighted by atomic mass is 16.5. The number of rotatable bonds is 0. The van der Waals surface area contributed by atoms with E-state index in [0.717, 1.165) is 25.2 Å². The minimum atomic E-state index is -0.200. The van der Waals surface area contributed by atoms with Crippen molar-refractivity contribution in [3.05, 3.63) is 29.8 Å². The molecule has 4 nitrogen and oxygen atoms in total. The molecule has 1 N–H and O–H groups in total. The fourth-order valence-corrected chi connectivity index (χ4v) is 2.55. The molecule has 0 radical (unpaired) electrons. The Morgan fingerprint density at radius 1 is 1.41 bits per heavy atom. The highest BCUT2D eigenvalue weighted by Gasteiger charge is 2.40. The number of nitrogens with zero attached hydrogens (tertiary/aromatic N) is 2. The van der Waals surface area contributed by atoms with Crippen LogP contribution in [0.2, 0.25) is 0 Å². The van der Waals surface area contributed by atoms with E-state index in [1.807, 2.05) is 12.1 Å². The van der Waals surface area contributed by atoms with Gasteiger partial charge in [-0.1, -0.05) is 18.2 Å². The largest absolute Gasteiger partial charge is 0.382 e. The summed E-state index contributed by atoms with van der Waals surface area (Å²) in [6.45, 7) is 2.91. The van der Waals surface area contributed by atoms with Gasteiger partial charge in [0.05, 0.1) is 13.2 Å². The van der Waals surface area contributed by atoms with Crippen molar-refractivity contribution < 1.29 is 4.74 Å². The van der Waals surface area contributed by atoms with Gasteiger partial charge in [0, 0.05) is 24.3 Å². The molecule has 4 heteroatoms. The Hall–Kier alpha value is -1.73. The van der Waals surface area contributed by atoms with E-state index in [9.17, 15) is 0 Å². The van der Waals surface area contributed by atoms with E-state index in [0.29, 0.717) is 13.2 Å². The predicted molar refractivity (Wildman–Crippen MR) is 64.3 cm³/mol. The molecule has 0 aromatic heterocycles. The second-order valence-electron chi connectivity index (χ2n) is 4.75. The smallest absolute Gasteiger partial charge is 0.179 e. The zero-order valence-corrected chi connectivity index (χ0v) is 9.65. The number of hydrogen-bond donors (Lipinski definition) is 1. The summed E-state index contributed by atoms with van der Waals surface area (Å²) in [7, 11) is 0. The van der Waals surface area contributed by atoms with Gasteiger partial charge in [0.15, 0.2) is 6.19 Å². The minimum absolute atomic E-state index is 0.200. The molecule has 1 saturated heterocycles. The van der Waals surface area contributed by atoms with Crippen molar-refractivity contribution in [1.82, 2.24) is 4.90 Å². The third-order valence-electron chi connectivity index (χ3n) is 3.61. The van der Waals surface area contributed by atoms with Crippen LogP contribution in [0.5, 0.6) is 0 Å². The molecule has 0 amide bonds. The van der Waals surface area contributed by atoms with Crippen LogP contribution >= 0.6 is 0 Å². The van der Waals surface area contributed by atoms with Gasteiger partial charge in [-0.15, -0.1) is 0 Å². The van der Waals surface area contributed by atoms with Gasteiger partial charge in [0.1, 0.15) is 5.60 Å². The fraction of sp³-hybridized carbons (Fsp3) is 0.462. The van der Waals surface area contributed by atoms with Gasteiger partial charge in [0.2, 0.25) is 0 Å². The van der Waals surface area contributed by atoms with Crippen LogP contribution in [0.1, 0.15) is 12.0 Å². The van der Waals surface area contributed by atoms with Gasteiger partial charge < -0.3 is 15.0 Å².